The number of carboxylic acid groups (broad SMARTS) is 1. The minimum atomic E-state index is -0.973. The summed E-state index contributed by atoms with van der Waals surface area (Å²) in [5.74, 6) is 0.353. The maximum Gasteiger partial charge on any atom is 0.339 e. The van der Waals surface area contributed by atoms with Crippen molar-refractivity contribution in [3.8, 4) is 11.6 Å². The monoisotopic (exact) mass is 244 g/mol. The predicted octanol–water partition coefficient (Wildman–Crippen LogP) is 2.62. The summed E-state index contributed by atoms with van der Waals surface area (Å²) in [6.45, 7) is 1.91. The van der Waals surface area contributed by atoms with Crippen molar-refractivity contribution in [3.63, 3.8) is 0 Å². The largest absolute Gasteiger partial charge is 0.478 e. The van der Waals surface area contributed by atoms with E-state index in [1.54, 1.807) is 6.26 Å². The molecule has 1 aliphatic carbocycles. The van der Waals surface area contributed by atoms with E-state index in [0.717, 1.165) is 18.4 Å². The van der Waals surface area contributed by atoms with Crippen LogP contribution in [-0.2, 0) is 0 Å². The fourth-order valence-corrected chi connectivity index (χ4v) is 1.94. The summed E-state index contributed by atoms with van der Waals surface area (Å²) >= 11 is 0. The van der Waals surface area contributed by atoms with E-state index in [1.807, 2.05) is 13.0 Å². The Morgan fingerprint density at radius 1 is 1.50 bits per heavy atom. The number of furan rings is 1. The van der Waals surface area contributed by atoms with E-state index in [1.165, 1.54) is 6.20 Å². The maximum atomic E-state index is 11.1. The van der Waals surface area contributed by atoms with Gasteiger partial charge >= 0.3 is 5.97 Å². The molecule has 92 valence electrons. The fraction of sp³-hybridized carbons (Fsp3) is 0.308. The second-order valence-electron chi connectivity index (χ2n) is 4.50. The van der Waals surface area contributed by atoms with Crippen LogP contribution in [0.3, 0.4) is 0 Å². The van der Waals surface area contributed by atoms with Crippen molar-refractivity contribution in [1.82, 2.24) is 9.97 Å². The van der Waals surface area contributed by atoms with Crippen LogP contribution in [0.25, 0.3) is 11.6 Å². The number of hydrogen-bond donors (Lipinski definition) is 1. The standard InChI is InChI=1S/C13H12N2O3/c1-7-4-5-18-11(7)12-14-6-9(13(16)17)10(15-12)8-2-3-8/h4-6,8H,2-3H2,1H3,(H,16,17). The van der Waals surface area contributed by atoms with Crippen LogP contribution in [0.4, 0.5) is 0 Å². The molecule has 2 aromatic heterocycles. The minimum absolute atomic E-state index is 0.199. The lowest BCUT2D eigenvalue weighted by atomic mass is 10.1. The van der Waals surface area contributed by atoms with Crippen molar-refractivity contribution in [2.24, 2.45) is 0 Å². The van der Waals surface area contributed by atoms with E-state index >= 15 is 0 Å². The van der Waals surface area contributed by atoms with Crippen LogP contribution in [0.2, 0.25) is 0 Å². The number of aryl methyl sites for hydroxylation is 1. The highest BCUT2D eigenvalue weighted by Crippen LogP contribution is 2.41. The molecule has 0 saturated heterocycles. The summed E-state index contributed by atoms with van der Waals surface area (Å²) < 4.78 is 5.33. The lowest BCUT2D eigenvalue weighted by Crippen LogP contribution is -2.06. The SMILES string of the molecule is Cc1ccoc1-c1ncc(C(=O)O)c(C2CC2)n1. The molecule has 0 amide bonds. The molecule has 0 aromatic carbocycles. The van der Waals surface area contributed by atoms with Crippen molar-refractivity contribution >= 4 is 5.97 Å². The number of aromatic nitrogens is 2. The summed E-state index contributed by atoms with van der Waals surface area (Å²) in [6, 6.07) is 1.83. The van der Waals surface area contributed by atoms with Gasteiger partial charge in [0.05, 0.1) is 17.5 Å². The van der Waals surface area contributed by atoms with E-state index in [2.05, 4.69) is 9.97 Å². The second kappa shape index (κ2) is 3.94. The topological polar surface area (TPSA) is 76.2 Å². The minimum Gasteiger partial charge on any atom is -0.478 e. The molecule has 1 fully saturated rings. The molecule has 5 heteroatoms. The molecule has 0 bridgehead atoms. The molecule has 18 heavy (non-hydrogen) atoms. The van der Waals surface area contributed by atoms with Crippen molar-refractivity contribution in [1.29, 1.82) is 0 Å². The molecule has 2 heterocycles. The molecule has 1 saturated carbocycles. The Hall–Kier alpha value is -2.17. The zero-order valence-corrected chi connectivity index (χ0v) is 9.88. The highest BCUT2D eigenvalue weighted by molar-refractivity contribution is 5.89. The van der Waals surface area contributed by atoms with Gasteiger partial charge in [0.1, 0.15) is 0 Å². The third-order valence-electron chi connectivity index (χ3n) is 3.08. The van der Waals surface area contributed by atoms with E-state index in [4.69, 9.17) is 9.52 Å². The third-order valence-corrected chi connectivity index (χ3v) is 3.08. The molecule has 0 unspecified atom stereocenters. The van der Waals surface area contributed by atoms with Crippen LogP contribution in [-0.4, -0.2) is 21.0 Å². The molecule has 2 aromatic rings. The van der Waals surface area contributed by atoms with Crippen molar-refractivity contribution < 1.29 is 14.3 Å². The molecule has 3 rings (SSSR count). The number of hydrogen-bond acceptors (Lipinski definition) is 4. The van der Waals surface area contributed by atoms with Crippen molar-refractivity contribution in [2.45, 2.75) is 25.7 Å². The molecule has 0 aliphatic heterocycles. The first-order valence-electron chi connectivity index (χ1n) is 5.81. The number of carbonyl (C=O) groups is 1. The van der Waals surface area contributed by atoms with Crippen LogP contribution in [0.15, 0.2) is 22.9 Å². The zero-order valence-electron chi connectivity index (χ0n) is 9.88. The van der Waals surface area contributed by atoms with Crippen LogP contribution in [0.5, 0.6) is 0 Å². The van der Waals surface area contributed by atoms with Gasteiger partial charge in [0.25, 0.3) is 0 Å². The molecular formula is C13H12N2O3. The smallest absolute Gasteiger partial charge is 0.339 e. The van der Waals surface area contributed by atoms with Crippen LogP contribution in [0.1, 0.15) is 40.4 Å². The Labute approximate surface area is 103 Å². The zero-order chi connectivity index (χ0) is 12.7. The van der Waals surface area contributed by atoms with Gasteiger partial charge < -0.3 is 9.52 Å². The summed E-state index contributed by atoms with van der Waals surface area (Å²) in [6.07, 6.45) is 4.94. The van der Waals surface area contributed by atoms with Gasteiger partial charge in [-0.05, 0) is 31.4 Å². The summed E-state index contributed by atoms with van der Waals surface area (Å²) in [5.41, 5.74) is 1.77. The molecule has 0 radical (unpaired) electrons. The number of aromatic carboxylic acids is 1. The van der Waals surface area contributed by atoms with E-state index < -0.39 is 5.97 Å². The number of nitrogens with zero attached hydrogens (tertiary/aromatic N) is 2. The highest BCUT2D eigenvalue weighted by atomic mass is 16.4. The lowest BCUT2D eigenvalue weighted by Gasteiger charge is -2.05. The summed E-state index contributed by atoms with van der Waals surface area (Å²) in [7, 11) is 0. The first-order chi connectivity index (χ1) is 8.66. The van der Waals surface area contributed by atoms with Gasteiger partial charge in [-0.2, -0.15) is 0 Å². The molecular weight excluding hydrogens is 232 g/mol. The van der Waals surface area contributed by atoms with E-state index in [0.29, 0.717) is 17.3 Å². The van der Waals surface area contributed by atoms with Gasteiger partial charge in [-0.1, -0.05) is 0 Å². The quantitative estimate of drug-likeness (QED) is 0.898. The average molecular weight is 244 g/mol. The Balaban J connectivity index is 2.11. The van der Waals surface area contributed by atoms with Gasteiger partial charge in [0.2, 0.25) is 0 Å². The third kappa shape index (κ3) is 1.77. The van der Waals surface area contributed by atoms with Gasteiger partial charge in [0, 0.05) is 12.1 Å². The maximum absolute atomic E-state index is 11.1. The van der Waals surface area contributed by atoms with Crippen molar-refractivity contribution in [3.05, 3.63) is 35.3 Å². The predicted molar refractivity (Wildman–Crippen MR) is 63.4 cm³/mol. The normalized spacial score (nSPS) is 14.7. The molecule has 0 atom stereocenters. The van der Waals surface area contributed by atoms with E-state index in [9.17, 15) is 4.79 Å². The van der Waals surface area contributed by atoms with Crippen LogP contribution < -0.4 is 0 Å². The Bertz CT molecular complexity index is 614. The van der Waals surface area contributed by atoms with Gasteiger partial charge in [-0.15, -0.1) is 0 Å². The van der Waals surface area contributed by atoms with Crippen LogP contribution >= 0.6 is 0 Å². The number of rotatable bonds is 3. The van der Waals surface area contributed by atoms with Gasteiger partial charge in [-0.3, -0.25) is 0 Å². The summed E-state index contributed by atoms with van der Waals surface area (Å²) in [4.78, 5) is 19.6. The van der Waals surface area contributed by atoms with Gasteiger partial charge in [0.15, 0.2) is 11.6 Å². The van der Waals surface area contributed by atoms with Crippen LogP contribution in [0, 0.1) is 6.92 Å². The number of carboxylic acids is 1. The first-order valence-corrected chi connectivity index (χ1v) is 5.81. The molecule has 0 spiro atoms. The molecule has 1 N–H and O–H groups in total. The highest BCUT2D eigenvalue weighted by Gasteiger charge is 2.30. The molecule has 1 aliphatic rings. The van der Waals surface area contributed by atoms with E-state index in [-0.39, 0.29) is 11.5 Å². The molecule has 5 nitrogen and oxygen atoms in total. The lowest BCUT2D eigenvalue weighted by molar-refractivity contribution is 0.0694. The fourth-order valence-electron chi connectivity index (χ4n) is 1.94. The second-order valence-corrected chi connectivity index (χ2v) is 4.50. The van der Waals surface area contributed by atoms with Gasteiger partial charge in [-0.25, -0.2) is 14.8 Å². The average Bonchev–Trinajstić information content (AvgIpc) is 3.11. The summed E-state index contributed by atoms with van der Waals surface area (Å²) in [5, 5.41) is 9.11. The Morgan fingerprint density at radius 3 is 2.83 bits per heavy atom. The Morgan fingerprint density at radius 2 is 2.28 bits per heavy atom. The Kier molecular flexibility index (Phi) is 2.40. The van der Waals surface area contributed by atoms with Crippen molar-refractivity contribution in [2.75, 3.05) is 0 Å². The first kappa shape index (κ1) is 11.0.